The maximum Gasteiger partial charge on any atom is 0.232 e. The molecule has 2 aromatic rings. The highest BCUT2D eigenvalue weighted by molar-refractivity contribution is 5.98. The molecule has 0 spiro atoms. The fraction of sp³-hybridized carbons (Fsp3) is 0.333. The van der Waals surface area contributed by atoms with Gasteiger partial charge in [0.25, 0.3) is 0 Å². The molecule has 23 heavy (non-hydrogen) atoms. The summed E-state index contributed by atoms with van der Waals surface area (Å²) in [6.07, 6.45) is 1.88. The first-order chi connectivity index (χ1) is 11.2. The molecule has 5 nitrogen and oxygen atoms in total. The number of hydrogen-bond donors (Lipinski definition) is 0. The summed E-state index contributed by atoms with van der Waals surface area (Å²) >= 11 is 0. The van der Waals surface area contributed by atoms with Crippen molar-refractivity contribution in [2.75, 3.05) is 18.0 Å². The van der Waals surface area contributed by atoms with E-state index >= 15 is 0 Å². The lowest BCUT2D eigenvalue weighted by Crippen LogP contribution is -2.37. The van der Waals surface area contributed by atoms with E-state index < -0.39 is 0 Å². The average molecular weight is 312 g/mol. The van der Waals surface area contributed by atoms with Crippen molar-refractivity contribution in [1.82, 2.24) is 4.90 Å². The molecule has 1 atom stereocenters. The van der Waals surface area contributed by atoms with Crippen LogP contribution < -0.4 is 4.90 Å². The van der Waals surface area contributed by atoms with Crippen LogP contribution >= 0.6 is 0 Å². The Bertz CT molecular complexity index is 667. The van der Waals surface area contributed by atoms with Crippen molar-refractivity contribution in [2.45, 2.75) is 19.9 Å². The molecule has 1 aliphatic rings. The van der Waals surface area contributed by atoms with E-state index in [1.165, 1.54) is 0 Å². The Morgan fingerprint density at radius 1 is 1.26 bits per heavy atom. The van der Waals surface area contributed by atoms with Crippen LogP contribution in [-0.2, 0) is 16.1 Å². The summed E-state index contributed by atoms with van der Waals surface area (Å²) in [6.45, 7) is 3.44. The minimum atomic E-state index is -0.294. The third-order valence-corrected chi connectivity index (χ3v) is 4.17. The number of benzene rings is 1. The van der Waals surface area contributed by atoms with Crippen LogP contribution in [0, 0.1) is 5.92 Å². The molecule has 1 saturated heterocycles. The number of anilines is 1. The lowest BCUT2D eigenvalue weighted by molar-refractivity contribution is -0.128. The number of carbonyl (C=O) groups excluding carboxylic acids is 2. The molecule has 2 amide bonds. The molecular formula is C18H20N2O3. The first-order valence-electron chi connectivity index (χ1n) is 7.85. The zero-order valence-electron chi connectivity index (χ0n) is 13.1. The smallest absolute Gasteiger partial charge is 0.232 e. The van der Waals surface area contributed by atoms with Crippen LogP contribution in [0.1, 0.15) is 19.1 Å². The third kappa shape index (κ3) is 3.28. The molecule has 1 aromatic carbocycles. The number of para-hydroxylation sites is 1. The van der Waals surface area contributed by atoms with E-state index in [1.807, 2.05) is 43.3 Å². The average Bonchev–Trinajstić information content (AvgIpc) is 3.22. The van der Waals surface area contributed by atoms with Gasteiger partial charge in [-0.05, 0) is 31.2 Å². The lowest BCUT2D eigenvalue weighted by atomic mass is 10.1. The van der Waals surface area contributed by atoms with Gasteiger partial charge in [-0.25, -0.2) is 0 Å². The van der Waals surface area contributed by atoms with Gasteiger partial charge in [0.1, 0.15) is 5.76 Å². The molecule has 3 rings (SSSR count). The highest BCUT2D eigenvalue weighted by Gasteiger charge is 2.36. The number of furan rings is 1. The van der Waals surface area contributed by atoms with E-state index in [0.717, 1.165) is 11.4 Å². The summed E-state index contributed by atoms with van der Waals surface area (Å²) in [5.41, 5.74) is 0.816. The van der Waals surface area contributed by atoms with Crippen LogP contribution in [0.25, 0.3) is 0 Å². The summed E-state index contributed by atoms with van der Waals surface area (Å²) < 4.78 is 5.39. The molecule has 0 saturated carbocycles. The zero-order valence-corrected chi connectivity index (χ0v) is 13.1. The van der Waals surface area contributed by atoms with E-state index in [-0.39, 0.29) is 24.2 Å². The molecule has 0 unspecified atom stereocenters. The first-order valence-corrected chi connectivity index (χ1v) is 7.85. The van der Waals surface area contributed by atoms with E-state index in [0.29, 0.717) is 19.6 Å². The largest absolute Gasteiger partial charge is 0.467 e. The highest BCUT2D eigenvalue weighted by Crippen LogP contribution is 2.25. The Kier molecular flexibility index (Phi) is 4.46. The van der Waals surface area contributed by atoms with Crippen molar-refractivity contribution in [3.05, 3.63) is 54.5 Å². The molecule has 120 valence electrons. The summed E-state index contributed by atoms with van der Waals surface area (Å²) in [5.74, 6) is 0.449. The second kappa shape index (κ2) is 6.69. The summed E-state index contributed by atoms with van der Waals surface area (Å²) in [5, 5.41) is 0. The summed E-state index contributed by atoms with van der Waals surface area (Å²) in [6, 6.07) is 13.2. The van der Waals surface area contributed by atoms with Crippen molar-refractivity contribution < 1.29 is 14.0 Å². The van der Waals surface area contributed by atoms with Crippen LogP contribution in [0.2, 0.25) is 0 Å². The molecule has 0 aliphatic carbocycles. The van der Waals surface area contributed by atoms with Crippen molar-refractivity contribution in [3.63, 3.8) is 0 Å². The quantitative estimate of drug-likeness (QED) is 0.853. The monoisotopic (exact) mass is 312 g/mol. The number of rotatable bonds is 5. The second-order valence-corrected chi connectivity index (χ2v) is 5.67. The molecular weight excluding hydrogens is 292 g/mol. The van der Waals surface area contributed by atoms with E-state index in [9.17, 15) is 9.59 Å². The number of carbonyl (C=O) groups is 2. The van der Waals surface area contributed by atoms with Crippen LogP contribution in [0.5, 0.6) is 0 Å². The maximum atomic E-state index is 13.0. The topological polar surface area (TPSA) is 53.8 Å². The number of hydrogen-bond acceptors (Lipinski definition) is 3. The fourth-order valence-corrected chi connectivity index (χ4v) is 2.93. The van der Waals surface area contributed by atoms with Crippen molar-refractivity contribution >= 4 is 17.5 Å². The predicted molar refractivity (Wildman–Crippen MR) is 86.7 cm³/mol. The van der Waals surface area contributed by atoms with Gasteiger partial charge in [0, 0.05) is 25.2 Å². The van der Waals surface area contributed by atoms with Crippen LogP contribution in [0.15, 0.2) is 53.1 Å². The van der Waals surface area contributed by atoms with Gasteiger partial charge in [0.2, 0.25) is 11.8 Å². The van der Waals surface area contributed by atoms with E-state index in [2.05, 4.69) is 0 Å². The molecule has 1 aliphatic heterocycles. The van der Waals surface area contributed by atoms with Crippen LogP contribution in [0.3, 0.4) is 0 Å². The minimum absolute atomic E-state index is 0.0306. The normalized spacial score (nSPS) is 17.5. The third-order valence-electron chi connectivity index (χ3n) is 4.17. The van der Waals surface area contributed by atoms with Gasteiger partial charge in [0.05, 0.1) is 18.7 Å². The van der Waals surface area contributed by atoms with Gasteiger partial charge < -0.3 is 14.2 Å². The standard InChI is InChI=1S/C18H20N2O3/c1-2-19-12-14(11-17(19)21)18(22)20(13-16-9-6-10-23-16)15-7-4-3-5-8-15/h3-10,14H,2,11-13H2,1H3/t14-/m1/s1. The zero-order chi connectivity index (χ0) is 16.2. The number of amides is 2. The molecule has 1 aromatic heterocycles. The molecule has 0 bridgehead atoms. The van der Waals surface area contributed by atoms with Crippen molar-refractivity contribution in [3.8, 4) is 0 Å². The van der Waals surface area contributed by atoms with Gasteiger partial charge in [-0.2, -0.15) is 0 Å². The Morgan fingerprint density at radius 3 is 2.65 bits per heavy atom. The van der Waals surface area contributed by atoms with Crippen molar-refractivity contribution in [1.29, 1.82) is 0 Å². The van der Waals surface area contributed by atoms with Gasteiger partial charge in [-0.15, -0.1) is 0 Å². The van der Waals surface area contributed by atoms with Gasteiger partial charge in [0.15, 0.2) is 0 Å². The highest BCUT2D eigenvalue weighted by atomic mass is 16.3. The Balaban J connectivity index is 1.83. The van der Waals surface area contributed by atoms with Crippen LogP contribution in [0.4, 0.5) is 5.69 Å². The molecule has 1 fully saturated rings. The predicted octanol–water partition coefficient (Wildman–Crippen LogP) is 2.68. The molecule has 0 radical (unpaired) electrons. The minimum Gasteiger partial charge on any atom is -0.467 e. The van der Waals surface area contributed by atoms with Gasteiger partial charge in [-0.3, -0.25) is 9.59 Å². The Morgan fingerprint density at radius 2 is 2.04 bits per heavy atom. The molecule has 0 N–H and O–H groups in total. The first kappa shape index (κ1) is 15.3. The van der Waals surface area contributed by atoms with E-state index in [1.54, 1.807) is 22.1 Å². The number of nitrogens with zero attached hydrogens (tertiary/aromatic N) is 2. The fourth-order valence-electron chi connectivity index (χ4n) is 2.93. The molecule has 2 heterocycles. The van der Waals surface area contributed by atoms with Gasteiger partial charge >= 0.3 is 0 Å². The second-order valence-electron chi connectivity index (χ2n) is 5.67. The van der Waals surface area contributed by atoms with Gasteiger partial charge in [-0.1, -0.05) is 18.2 Å². The van der Waals surface area contributed by atoms with E-state index in [4.69, 9.17) is 4.42 Å². The Hall–Kier alpha value is -2.56. The Labute approximate surface area is 135 Å². The summed E-state index contributed by atoms with van der Waals surface area (Å²) in [7, 11) is 0. The number of likely N-dealkylation sites (tertiary alicyclic amines) is 1. The SMILES string of the molecule is CCN1C[C@H](C(=O)N(Cc2ccco2)c2ccccc2)CC1=O. The maximum absolute atomic E-state index is 13.0. The lowest BCUT2D eigenvalue weighted by Gasteiger charge is -2.25. The van der Waals surface area contributed by atoms with Crippen LogP contribution in [-0.4, -0.2) is 29.8 Å². The summed E-state index contributed by atoms with van der Waals surface area (Å²) in [4.78, 5) is 28.4. The van der Waals surface area contributed by atoms with Crippen molar-refractivity contribution in [2.24, 2.45) is 5.92 Å². The molecule has 5 heteroatoms.